The lowest BCUT2D eigenvalue weighted by atomic mass is 10.2. The van der Waals surface area contributed by atoms with Gasteiger partial charge in [0, 0.05) is 30.5 Å². The van der Waals surface area contributed by atoms with E-state index >= 15 is 0 Å². The van der Waals surface area contributed by atoms with Gasteiger partial charge in [-0.15, -0.1) is 0 Å². The summed E-state index contributed by atoms with van der Waals surface area (Å²) in [6, 6.07) is 3.68. The van der Waals surface area contributed by atoms with Gasteiger partial charge in [0.25, 0.3) is 0 Å². The lowest BCUT2D eigenvalue weighted by molar-refractivity contribution is -0.128. The van der Waals surface area contributed by atoms with Crippen LogP contribution in [0.25, 0.3) is 0 Å². The zero-order valence-corrected chi connectivity index (χ0v) is 9.77. The predicted octanol–water partition coefficient (Wildman–Crippen LogP) is 1.16. The molecule has 15 heavy (non-hydrogen) atoms. The molecule has 4 nitrogen and oxygen atoms in total. The quantitative estimate of drug-likeness (QED) is 0.820. The standard InChI is InChI=1S/C10H12BrN3O/c11-8-4-10(15)14(6-8)5-7-1-2-13-9(12)3-7/h1-3,8H,4-6H2,(H2,12,13). The molecule has 5 heteroatoms. The van der Waals surface area contributed by atoms with Gasteiger partial charge in [-0.25, -0.2) is 4.98 Å². The number of nitrogen functional groups attached to an aromatic ring is 1. The van der Waals surface area contributed by atoms with E-state index in [2.05, 4.69) is 20.9 Å². The van der Waals surface area contributed by atoms with Crippen LogP contribution in [-0.4, -0.2) is 27.2 Å². The van der Waals surface area contributed by atoms with Gasteiger partial charge in [-0.05, 0) is 17.7 Å². The van der Waals surface area contributed by atoms with Crippen LogP contribution < -0.4 is 5.73 Å². The second kappa shape index (κ2) is 4.18. The number of hydrogen-bond donors (Lipinski definition) is 1. The fourth-order valence-electron chi connectivity index (χ4n) is 1.69. The molecule has 1 amide bonds. The average molecular weight is 270 g/mol. The number of alkyl halides is 1. The number of aromatic nitrogens is 1. The zero-order chi connectivity index (χ0) is 10.8. The maximum absolute atomic E-state index is 11.5. The molecule has 1 atom stereocenters. The van der Waals surface area contributed by atoms with Crippen molar-refractivity contribution >= 4 is 27.7 Å². The van der Waals surface area contributed by atoms with E-state index < -0.39 is 0 Å². The first kappa shape index (κ1) is 10.4. The second-order valence-electron chi connectivity index (χ2n) is 3.66. The minimum absolute atomic E-state index is 0.187. The van der Waals surface area contributed by atoms with E-state index in [1.165, 1.54) is 0 Å². The third kappa shape index (κ3) is 2.47. The Labute approximate surface area is 96.6 Å². The van der Waals surface area contributed by atoms with Crippen molar-refractivity contribution in [2.24, 2.45) is 0 Å². The van der Waals surface area contributed by atoms with Crippen LogP contribution in [0.1, 0.15) is 12.0 Å². The van der Waals surface area contributed by atoms with Crippen molar-refractivity contribution in [3.8, 4) is 0 Å². The topological polar surface area (TPSA) is 59.2 Å². The molecule has 2 heterocycles. The van der Waals surface area contributed by atoms with Gasteiger partial charge in [-0.2, -0.15) is 0 Å². The third-order valence-electron chi connectivity index (χ3n) is 2.39. The Morgan fingerprint density at radius 3 is 3.07 bits per heavy atom. The van der Waals surface area contributed by atoms with Crippen LogP contribution in [0.2, 0.25) is 0 Å². The van der Waals surface area contributed by atoms with Gasteiger partial charge >= 0.3 is 0 Å². The molecule has 0 spiro atoms. The van der Waals surface area contributed by atoms with Crippen molar-refractivity contribution < 1.29 is 4.79 Å². The molecular weight excluding hydrogens is 258 g/mol. The maximum atomic E-state index is 11.5. The van der Waals surface area contributed by atoms with E-state index in [4.69, 9.17) is 5.73 Å². The first-order chi connectivity index (χ1) is 7.15. The Kier molecular flexibility index (Phi) is 2.90. The fourth-order valence-corrected chi connectivity index (χ4v) is 2.32. The van der Waals surface area contributed by atoms with Gasteiger partial charge in [-0.3, -0.25) is 4.79 Å². The van der Waals surface area contributed by atoms with Crippen LogP contribution in [0.3, 0.4) is 0 Å². The van der Waals surface area contributed by atoms with Gasteiger partial charge in [0.2, 0.25) is 5.91 Å². The number of pyridine rings is 1. The summed E-state index contributed by atoms with van der Waals surface area (Å²) in [6.45, 7) is 1.38. The van der Waals surface area contributed by atoms with Crippen LogP contribution in [0.5, 0.6) is 0 Å². The van der Waals surface area contributed by atoms with E-state index in [9.17, 15) is 4.79 Å². The summed E-state index contributed by atoms with van der Waals surface area (Å²) in [5, 5.41) is 0. The van der Waals surface area contributed by atoms with E-state index in [-0.39, 0.29) is 10.7 Å². The Balaban J connectivity index is 2.06. The summed E-state index contributed by atoms with van der Waals surface area (Å²) in [4.78, 5) is 17.5. The number of nitrogens with zero attached hydrogens (tertiary/aromatic N) is 2. The van der Waals surface area contributed by atoms with Gasteiger partial charge in [0.05, 0.1) is 0 Å². The molecule has 2 N–H and O–H groups in total. The highest BCUT2D eigenvalue weighted by atomic mass is 79.9. The predicted molar refractivity (Wildman–Crippen MR) is 61.4 cm³/mol. The summed E-state index contributed by atoms with van der Waals surface area (Å²) in [5.41, 5.74) is 6.60. The Morgan fingerprint density at radius 2 is 2.47 bits per heavy atom. The van der Waals surface area contributed by atoms with E-state index in [0.717, 1.165) is 12.1 Å². The fraction of sp³-hybridized carbons (Fsp3) is 0.400. The summed E-state index contributed by atoms with van der Waals surface area (Å²) in [5.74, 6) is 0.682. The minimum Gasteiger partial charge on any atom is -0.384 e. The van der Waals surface area contributed by atoms with Crippen molar-refractivity contribution in [3.05, 3.63) is 23.9 Å². The van der Waals surface area contributed by atoms with Crippen molar-refractivity contribution in [1.29, 1.82) is 0 Å². The Hall–Kier alpha value is -1.10. The number of carbonyl (C=O) groups is 1. The smallest absolute Gasteiger partial charge is 0.224 e. The zero-order valence-electron chi connectivity index (χ0n) is 8.19. The van der Waals surface area contributed by atoms with Crippen LogP contribution in [0.4, 0.5) is 5.82 Å². The highest BCUT2D eigenvalue weighted by Gasteiger charge is 2.27. The molecule has 80 valence electrons. The third-order valence-corrected chi connectivity index (χ3v) is 3.00. The number of rotatable bonds is 2. The summed E-state index contributed by atoms with van der Waals surface area (Å²) in [7, 11) is 0. The summed E-state index contributed by atoms with van der Waals surface area (Å²) >= 11 is 3.45. The highest BCUT2D eigenvalue weighted by molar-refractivity contribution is 9.09. The van der Waals surface area contributed by atoms with E-state index in [1.807, 2.05) is 11.0 Å². The molecule has 1 unspecified atom stereocenters. The summed E-state index contributed by atoms with van der Waals surface area (Å²) in [6.07, 6.45) is 2.25. The number of anilines is 1. The number of carbonyl (C=O) groups excluding carboxylic acids is 1. The largest absolute Gasteiger partial charge is 0.384 e. The molecule has 2 rings (SSSR count). The van der Waals surface area contributed by atoms with E-state index in [1.54, 1.807) is 12.3 Å². The number of hydrogen-bond acceptors (Lipinski definition) is 3. The van der Waals surface area contributed by atoms with Crippen LogP contribution in [0, 0.1) is 0 Å². The SMILES string of the molecule is Nc1cc(CN2CC(Br)CC2=O)ccn1. The van der Waals surface area contributed by atoms with Gasteiger partial charge in [0.1, 0.15) is 5.82 Å². The first-order valence-electron chi connectivity index (χ1n) is 4.77. The van der Waals surface area contributed by atoms with Gasteiger partial charge in [-0.1, -0.05) is 15.9 Å². The van der Waals surface area contributed by atoms with Crippen LogP contribution in [0.15, 0.2) is 18.3 Å². The van der Waals surface area contributed by atoms with Crippen molar-refractivity contribution in [1.82, 2.24) is 9.88 Å². The molecule has 1 aromatic rings. The Bertz CT molecular complexity index is 383. The highest BCUT2D eigenvalue weighted by Crippen LogP contribution is 2.20. The normalized spacial score (nSPS) is 21.0. The number of amides is 1. The molecule has 1 fully saturated rings. The van der Waals surface area contributed by atoms with Crippen LogP contribution >= 0.6 is 15.9 Å². The second-order valence-corrected chi connectivity index (χ2v) is 4.96. The first-order valence-corrected chi connectivity index (χ1v) is 5.69. The van der Waals surface area contributed by atoms with Crippen molar-refractivity contribution in [3.63, 3.8) is 0 Å². The van der Waals surface area contributed by atoms with Crippen molar-refractivity contribution in [2.75, 3.05) is 12.3 Å². The monoisotopic (exact) mass is 269 g/mol. The molecule has 1 aliphatic heterocycles. The molecule has 0 aromatic carbocycles. The average Bonchev–Trinajstić information content (AvgIpc) is 2.45. The molecule has 1 aliphatic rings. The number of likely N-dealkylation sites (tertiary alicyclic amines) is 1. The number of nitrogens with two attached hydrogens (primary N) is 1. The van der Waals surface area contributed by atoms with Gasteiger partial charge in [0.15, 0.2) is 0 Å². The molecule has 0 bridgehead atoms. The Morgan fingerprint density at radius 1 is 1.67 bits per heavy atom. The lowest BCUT2D eigenvalue weighted by Crippen LogP contribution is -2.24. The molecule has 1 aromatic heterocycles. The molecule has 0 radical (unpaired) electrons. The summed E-state index contributed by atoms with van der Waals surface area (Å²) < 4.78 is 0. The molecule has 0 saturated carbocycles. The minimum atomic E-state index is 0.187. The molecule has 0 aliphatic carbocycles. The van der Waals surface area contributed by atoms with Gasteiger partial charge < -0.3 is 10.6 Å². The molecule has 1 saturated heterocycles. The number of halogens is 1. The lowest BCUT2D eigenvalue weighted by Gasteiger charge is -2.15. The maximum Gasteiger partial charge on any atom is 0.224 e. The van der Waals surface area contributed by atoms with Crippen molar-refractivity contribution in [2.45, 2.75) is 17.8 Å². The molecular formula is C10H12BrN3O. The van der Waals surface area contributed by atoms with E-state index in [0.29, 0.717) is 18.8 Å². The van der Waals surface area contributed by atoms with Crippen LogP contribution in [-0.2, 0) is 11.3 Å².